The Morgan fingerprint density at radius 2 is 1.61 bits per heavy atom. The van der Waals surface area contributed by atoms with Crippen molar-refractivity contribution in [1.29, 1.82) is 0 Å². The van der Waals surface area contributed by atoms with Crippen LogP contribution in [0.2, 0.25) is 20.2 Å². The number of halogens is 4. The van der Waals surface area contributed by atoms with E-state index in [1.165, 1.54) is 12.3 Å². The third-order valence-electron chi connectivity index (χ3n) is 2.36. The second-order valence-electron chi connectivity index (χ2n) is 3.40. The molecule has 0 saturated heterocycles. The van der Waals surface area contributed by atoms with E-state index >= 15 is 0 Å². The standard InChI is InChI=1S/C12H5Cl4NO/c13-7-1-2-8(14)11(15)10(7)9-6(5-18)3-4-17-12(9)16/h1-5H. The predicted octanol–water partition coefficient (Wildman–Crippen LogP) is 5.17. The Hall–Kier alpha value is -0.800. The summed E-state index contributed by atoms with van der Waals surface area (Å²) in [6, 6.07) is 4.69. The minimum absolute atomic E-state index is 0.144. The first-order chi connectivity index (χ1) is 8.56. The molecule has 0 atom stereocenters. The third kappa shape index (κ3) is 2.34. The minimum atomic E-state index is 0.144. The number of carbonyl (C=O) groups is 1. The van der Waals surface area contributed by atoms with Gasteiger partial charge in [-0.15, -0.1) is 0 Å². The molecule has 0 N–H and O–H groups in total. The van der Waals surface area contributed by atoms with Crippen molar-refractivity contribution in [2.75, 3.05) is 0 Å². The number of rotatable bonds is 2. The summed E-state index contributed by atoms with van der Waals surface area (Å²) >= 11 is 24.2. The van der Waals surface area contributed by atoms with Crippen LogP contribution in [-0.2, 0) is 0 Å². The van der Waals surface area contributed by atoms with Crippen molar-refractivity contribution in [3.05, 3.63) is 50.2 Å². The van der Waals surface area contributed by atoms with E-state index in [1.807, 2.05) is 0 Å². The number of benzene rings is 1. The van der Waals surface area contributed by atoms with Gasteiger partial charge in [0.25, 0.3) is 0 Å². The largest absolute Gasteiger partial charge is 0.298 e. The summed E-state index contributed by atoms with van der Waals surface area (Å²) in [5.74, 6) is 0. The van der Waals surface area contributed by atoms with Gasteiger partial charge in [-0.25, -0.2) is 4.98 Å². The van der Waals surface area contributed by atoms with Crippen molar-refractivity contribution in [3.63, 3.8) is 0 Å². The number of nitrogens with zero attached hydrogens (tertiary/aromatic N) is 1. The summed E-state index contributed by atoms with van der Waals surface area (Å²) in [7, 11) is 0. The Balaban J connectivity index is 2.85. The molecular formula is C12H5Cl4NO. The number of aldehydes is 1. The van der Waals surface area contributed by atoms with E-state index in [2.05, 4.69) is 4.98 Å². The normalized spacial score (nSPS) is 10.4. The van der Waals surface area contributed by atoms with Crippen LogP contribution in [-0.4, -0.2) is 11.3 Å². The van der Waals surface area contributed by atoms with Crippen LogP contribution in [0.5, 0.6) is 0 Å². The monoisotopic (exact) mass is 319 g/mol. The fourth-order valence-electron chi connectivity index (χ4n) is 1.55. The lowest BCUT2D eigenvalue weighted by atomic mass is 10.0. The fraction of sp³-hybridized carbons (Fsp3) is 0. The molecule has 0 aliphatic heterocycles. The van der Waals surface area contributed by atoms with Crippen molar-refractivity contribution >= 4 is 52.7 Å². The zero-order valence-electron chi connectivity index (χ0n) is 8.75. The molecule has 1 aromatic heterocycles. The van der Waals surface area contributed by atoms with Crippen LogP contribution in [0.4, 0.5) is 0 Å². The van der Waals surface area contributed by atoms with Gasteiger partial charge in [0.2, 0.25) is 0 Å². The lowest BCUT2D eigenvalue weighted by Gasteiger charge is -2.11. The Morgan fingerprint density at radius 1 is 0.944 bits per heavy atom. The van der Waals surface area contributed by atoms with Crippen LogP contribution in [0.15, 0.2) is 24.4 Å². The molecule has 0 aliphatic carbocycles. The number of hydrogen-bond acceptors (Lipinski definition) is 2. The van der Waals surface area contributed by atoms with Crippen molar-refractivity contribution < 1.29 is 4.79 Å². The fourth-order valence-corrected chi connectivity index (χ4v) is 2.53. The van der Waals surface area contributed by atoms with Crippen LogP contribution >= 0.6 is 46.4 Å². The van der Waals surface area contributed by atoms with Crippen molar-refractivity contribution in [2.24, 2.45) is 0 Å². The summed E-state index contributed by atoms with van der Waals surface area (Å²) in [6.45, 7) is 0. The van der Waals surface area contributed by atoms with Gasteiger partial charge in [0.15, 0.2) is 6.29 Å². The first-order valence-electron chi connectivity index (χ1n) is 4.79. The maximum Gasteiger partial charge on any atom is 0.150 e. The van der Waals surface area contributed by atoms with Crippen LogP contribution in [0.3, 0.4) is 0 Å². The lowest BCUT2D eigenvalue weighted by Crippen LogP contribution is -1.93. The smallest absolute Gasteiger partial charge is 0.150 e. The summed E-state index contributed by atoms with van der Waals surface area (Å²) < 4.78 is 0. The second-order valence-corrected chi connectivity index (χ2v) is 4.95. The van der Waals surface area contributed by atoms with E-state index in [4.69, 9.17) is 46.4 Å². The maximum absolute atomic E-state index is 11.1. The van der Waals surface area contributed by atoms with Gasteiger partial charge in [0.05, 0.1) is 15.1 Å². The predicted molar refractivity (Wildman–Crippen MR) is 75.1 cm³/mol. The summed E-state index contributed by atoms with van der Waals surface area (Å²) in [4.78, 5) is 15.0. The van der Waals surface area contributed by atoms with E-state index in [9.17, 15) is 4.79 Å². The van der Waals surface area contributed by atoms with E-state index in [0.29, 0.717) is 33.0 Å². The topological polar surface area (TPSA) is 30.0 Å². The molecule has 18 heavy (non-hydrogen) atoms. The Bertz CT molecular complexity index is 628. The summed E-state index contributed by atoms with van der Waals surface area (Å²) in [5, 5.41) is 1.06. The molecular weight excluding hydrogens is 316 g/mol. The molecule has 0 bridgehead atoms. The minimum Gasteiger partial charge on any atom is -0.298 e. The molecule has 2 aromatic rings. The average molecular weight is 321 g/mol. The van der Waals surface area contributed by atoms with E-state index < -0.39 is 0 Å². The van der Waals surface area contributed by atoms with E-state index in [-0.39, 0.29) is 10.2 Å². The van der Waals surface area contributed by atoms with Gasteiger partial charge in [-0.1, -0.05) is 46.4 Å². The Morgan fingerprint density at radius 3 is 2.28 bits per heavy atom. The molecule has 1 heterocycles. The first-order valence-corrected chi connectivity index (χ1v) is 6.31. The maximum atomic E-state index is 11.1. The summed E-state index contributed by atoms with van der Waals surface area (Å²) in [6.07, 6.45) is 2.10. The lowest BCUT2D eigenvalue weighted by molar-refractivity contribution is 0.112. The van der Waals surface area contributed by atoms with Crippen LogP contribution in [0.1, 0.15) is 10.4 Å². The van der Waals surface area contributed by atoms with Gasteiger partial charge >= 0.3 is 0 Å². The molecule has 0 amide bonds. The zero-order valence-corrected chi connectivity index (χ0v) is 11.8. The van der Waals surface area contributed by atoms with Crippen LogP contribution in [0, 0.1) is 0 Å². The highest BCUT2D eigenvalue weighted by atomic mass is 35.5. The van der Waals surface area contributed by atoms with Crippen molar-refractivity contribution in [2.45, 2.75) is 0 Å². The van der Waals surface area contributed by atoms with E-state index in [1.54, 1.807) is 12.1 Å². The summed E-state index contributed by atoms with van der Waals surface area (Å²) in [5.41, 5.74) is 1.14. The SMILES string of the molecule is O=Cc1ccnc(Cl)c1-c1c(Cl)ccc(Cl)c1Cl. The molecule has 1 aromatic carbocycles. The quantitative estimate of drug-likeness (QED) is 0.434. The van der Waals surface area contributed by atoms with Crippen LogP contribution < -0.4 is 0 Å². The number of pyridine rings is 1. The molecule has 0 saturated carbocycles. The molecule has 0 aliphatic rings. The highest BCUT2D eigenvalue weighted by Crippen LogP contribution is 2.42. The zero-order chi connectivity index (χ0) is 13.3. The molecule has 0 spiro atoms. The molecule has 2 rings (SSSR count). The molecule has 92 valence electrons. The van der Waals surface area contributed by atoms with Gasteiger partial charge in [-0.3, -0.25) is 4.79 Å². The highest BCUT2D eigenvalue weighted by molar-refractivity contribution is 6.47. The molecule has 2 nitrogen and oxygen atoms in total. The third-order valence-corrected chi connectivity index (χ3v) is 3.76. The van der Waals surface area contributed by atoms with Gasteiger partial charge in [0.1, 0.15) is 5.15 Å². The van der Waals surface area contributed by atoms with Gasteiger partial charge in [-0.05, 0) is 18.2 Å². The first kappa shape index (κ1) is 13.6. The van der Waals surface area contributed by atoms with E-state index in [0.717, 1.165) is 0 Å². The highest BCUT2D eigenvalue weighted by Gasteiger charge is 2.18. The molecule has 0 radical (unpaired) electrons. The van der Waals surface area contributed by atoms with Crippen LogP contribution in [0.25, 0.3) is 11.1 Å². The van der Waals surface area contributed by atoms with Crippen molar-refractivity contribution in [1.82, 2.24) is 4.98 Å². The van der Waals surface area contributed by atoms with Gasteiger partial charge in [0, 0.05) is 22.9 Å². The molecule has 6 heteroatoms. The second kappa shape index (κ2) is 5.45. The molecule has 0 unspecified atom stereocenters. The Labute approximate surface area is 123 Å². The Kier molecular flexibility index (Phi) is 4.13. The van der Waals surface area contributed by atoms with Gasteiger partial charge < -0.3 is 0 Å². The molecule has 0 fully saturated rings. The van der Waals surface area contributed by atoms with Crippen molar-refractivity contribution in [3.8, 4) is 11.1 Å². The van der Waals surface area contributed by atoms with Gasteiger partial charge in [-0.2, -0.15) is 0 Å². The average Bonchev–Trinajstić information content (AvgIpc) is 2.36. The number of carbonyl (C=O) groups excluding carboxylic acids is 1. The number of aromatic nitrogens is 1. The number of hydrogen-bond donors (Lipinski definition) is 0.